The summed E-state index contributed by atoms with van der Waals surface area (Å²) in [4.78, 5) is 20.4. The van der Waals surface area contributed by atoms with Crippen LogP contribution in [-0.2, 0) is 4.74 Å². The number of methoxy groups -OCH3 is 1. The first-order chi connectivity index (χ1) is 11.3. The van der Waals surface area contributed by atoms with Gasteiger partial charge >= 0.3 is 5.97 Å². The van der Waals surface area contributed by atoms with E-state index in [-0.39, 0.29) is 5.69 Å². The van der Waals surface area contributed by atoms with Crippen molar-refractivity contribution >= 4 is 11.7 Å². The molecule has 1 aliphatic carbocycles. The molecule has 4 rings (SSSR count). The van der Waals surface area contributed by atoms with Crippen LogP contribution in [0.25, 0.3) is 5.78 Å². The van der Waals surface area contributed by atoms with Crippen molar-refractivity contribution in [2.24, 2.45) is 0 Å². The Balaban J connectivity index is 1.76. The van der Waals surface area contributed by atoms with Crippen LogP contribution in [0.3, 0.4) is 0 Å². The third kappa shape index (κ3) is 2.52. The molecule has 1 aromatic carbocycles. The van der Waals surface area contributed by atoms with E-state index < -0.39 is 5.97 Å². The Kier molecular flexibility index (Phi) is 3.22. The maximum absolute atomic E-state index is 12.1. The normalized spacial score (nSPS) is 14.0. The number of carbonyl (C=O) groups is 1. The first kappa shape index (κ1) is 13.8. The van der Waals surface area contributed by atoms with Crippen molar-refractivity contribution in [3.63, 3.8) is 0 Å². The minimum Gasteiger partial charge on any atom is -0.464 e. The van der Waals surface area contributed by atoms with Crippen LogP contribution in [0.15, 0.2) is 42.9 Å². The molecular formula is C17H15N3O3. The van der Waals surface area contributed by atoms with Gasteiger partial charge < -0.3 is 9.47 Å². The number of ether oxygens (including phenoxy) is 2. The number of benzene rings is 1. The van der Waals surface area contributed by atoms with E-state index in [1.165, 1.54) is 31.7 Å². The van der Waals surface area contributed by atoms with E-state index in [0.717, 1.165) is 0 Å². The number of esters is 1. The Morgan fingerprint density at radius 3 is 2.96 bits per heavy atom. The summed E-state index contributed by atoms with van der Waals surface area (Å²) in [5.74, 6) is 1.58. The summed E-state index contributed by atoms with van der Waals surface area (Å²) in [6, 6.07) is 7.94. The van der Waals surface area contributed by atoms with Crippen LogP contribution in [0.2, 0.25) is 0 Å². The molecule has 0 unspecified atom stereocenters. The number of aromatic nitrogens is 3. The molecule has 1 aliphatic rings. The van der Waals surface area contributed by atoms with Gasteiger partial charge in [-0.1, -0.05) is 12.1 Å². The predicted octanol–water partition coefficient (Wildman–Crippen LogP) is 3.19. The molecule has 0 N–H and O–H groups in total. The van der Waals surface area contributed by atoms with Gasteiger partial charge in [-0.05, 0) is 36.5 Å². The van der Waals surface area contributed by atoms with Crippen LogP contribution in [0.5, 0.6) is 11.5 Å². The molecule has 0 radical (unpaired) electrons. The van der Waals surface area contributed by atoms with Crippen LogP contribution in [0, 0.1) is 0 Å². The van der Waals surface area contributed by atoms with Gasteiger partial charge in [0.25, 0.3) is 0 Å². The largest absolute Gasteiger partial charge is 0.464 e. The van der Waals surface area contributed by atoms with Crippen molar-refractivity contribution in [1.82, 2.24) is 14.4 Å². The lowest BCUT2D eigenvalue weighted by molar-refractivity contribution is 0.0589. The van der Waals surface area contributed by atoms with Crippen molar-refractivity contribution in [2.75, 3.05) is 7.11 Å². The van der Waals surface area contributed by atoms with Gasteiger partial charge in [0, 0.05) is 12.4 Å². The second kappa shape index (κ2) is 5.39. The van der Waals surface area contributed by atoms with Gasteiger partial charge in [-0.3, -0.25) is 4.40 Å². The molecule has 0 atom stereocenters. The standard InChI is InChI=1S/C17H15N3O3/c1-22-16(21)15-14(10-19-17-18-7-8-20(15)17)23-13-4-2-3-12(9-13)11-5-6-11/h2-4,7-11H,5-6H2,1H3. The average molecular weight is 309 g/mol. The Morgan fingerprint density at radius 2 is 2.17 bits per heavy atom. The third-order valence-corrected chi connectivity index (χ3v) is 3.91. The highest BCUT2D eigenvalue weighted by Crippen LogP contribution is 2.41. The van der Waals surface area contributed by atoms with Crippen LogP contribution in [0.1, 0.15) is 34.8 Å². The Bertz CT molecular complexity index is 884. The summed E-state index contributed by atoms with van der Waals surface area (Å²) in [7, 11) is 1.34. The predicted molar refractivity (Wildman–Crippen MR) is 82.8 cm³/mol. The fourth-order valence-corrected chi connectivity index (χ4v) is 2.61. The van der Waals surface area contributed by atoms with Crippen molar-refractivity contribution < 1.29 is 14.3 Å². The zero-order valence-corrected chi connectivity index (χ0v) is 12.6. The maximum atomic E-state index is 12.1. The average Bonchev–Trinajstić information content (AvgIpc) is 3.32. The SMILES string of the molecule is COC(=O)c1c(Oc2cccc(C3CC3)c2)cnc2nccn12. The van der Waals surface area contributed by atoms with Gasteiger partial charge in [0.2, 0.25) is 5.78 Å². The van der Waals surface area contributed by atoms with E-state index in [1.807, 2.05) is 18.2 Å². The Morgan fingerprint density at radius 1 is 1.30 bits per heavy atom. The molecule has 6 heteroatoms. The molecule has 1 saturated carbocycles. The van der Waals surface area contributed by atoms with Crippen LogP contribution in [-0.4, -0.2) is 27.4 Å². The number of imidazole rings is 1. The number of rotatable bonds is 4. The lowest BCUT2D eigenvalue weighted by atomic mass is 10.1. The minimum atomic E-state index is -0.497. The fourth-order valence-electron chi connectivity index (χ4n) is 2.61. The van der Waals surface area contributed by atoms with E-state index >= 15 is 0 Å². The summed E-state index contributed by atoms with van der Waals surface area (Å²) in [6.45, 7) is 0. The second-order valence-electron chi connectivity index (χ2n) is 5.51. The Hall–Kier alpha value is -2.89. The topological polar surface area (TPSA) is 65.7 Å². The fraction of sp³-hybridized carbons (Fsp3) is 0.235. The quantitative estimate of drug-likeness (QED) is 0.692. The van der Waals surface area contributed by atoms with Gasteiger partial charge in [0.15, 0.2) is 11.4 Å². The number of fused-ring (bicyclic) bond motifs is 1. The molecule has 116 valence electrons. The van der Waals surface area contributed by atoms with Crippen LogP contribution >= 0.6 is 0 Å². The van der Waals surface area contributed by atoms with Crippen molar-refractivity contribution in [3.8, 4) is 11.5 Å². The molecule has 0 bridgehead atoms. The summed E-state index contributed by atoms with van der Waals surface area (Å²) in [6.07, 6.45) is 7.17. The molecule has 3 aromatic rings. The molecule has 0 saturated heterocycles. The molecule has 0 spiro atoms. The van der Waals surface area contributed by atoms with E-state index in [1.54, 1.807) is 16.8 Å². The monoisotopic (exact) mass is 309 g/mol. The van der Waals surface area contributed by atoms with Gasteiger partial charge in [-0.2, -0.15) is 0 Å². The Labute approximate surface area is 132 Å². The first-order valence-corrected chi connectivity index (χ1v) is 7.44. The molecule has 1 fully saturated rings. The lowest BCUT2D eigenvalue weighted by Crippen LogP contribution is -2.10. The minimum absolute atomic E-state index is 0.270. The van der Waals surface area contributed by atoms with E-state index in [4.69, 9.17) is 9.47 Å². The molecule has 2 heterocycles. The zero-order valence-electron chi connectivity index (χ0n) is 12.6. The van der Waals surface area contributed by atoms with E-state index in [9.17, 15) is 4.79 Å². The van der Waals surface area contributed by atoms with E-state index in [0.29, 0.717) is 23.2 Å². The molecule has 2 aromatic heterocycles. The molecule has 0 amide bonds. The molecule has 0 aliphatic heterocycles. The van der Waals surface area contributed by atoms with Crippen LogP contribution < -0.4 is 4.74 Å². The van der Waals surface area contributed by atoms with E-state index in [2.05, 4.69) is 16.0 Å². The van der Waals surface area contributed by atoms with Gasteiger partial charge in [0.1, 0.15) is 5.75 Å². The first-order valence-electron chi connectivity index (χ1n) is 7.44. The highest BCUT2D eigenvalue weighted by Gasteiger charge is 2.24. The highest BCUT2D eigenvalue weighted by atomic mass is 16.5. The van der Waals surface area contributed by atoms with Crippen LogP contribution in [0.4, 0.5) is 0 Å². The van der Waals surface area contributed by atoms with Crippen molar-refractivity contribution in [2.45, 2.75) is 18.8 Å². The number of carbonyl (C=O) groups excluding carboxylic acids is 1. The zero-order chi connectivity index (χ0) is 15.8. The maximum Gasteiger partial charge on any atom is 0.359 e. The van der Waals surface area contributed by atoms with Gasteiger partial charge in [-0.15, -0.1) is 0 Å². The van der Waals surface area contributed by atoms with Crippen molar-refractivity contribution in [3.05, 3.63) is 54.1 Å². The summed E-state index contributed by atoms with van der Waals surface area (Å²) in [5, 5.41) is 0. The summed E-state index contributed by atoms with van der Waals surface area (Å²) in [5.41, 5.74) is 1.53. The third-order valence-electron chi connectivity index (χ3n) is 3.91. The second-order valence-corrected chi connectivity index (χ2v) is 5.51. The number of hydrogen-bond donors (Lipinski definition) is 0. The number of hydrogen-bond acceptors (Lipinski definition) is 5. The van der Waals surface area contributed by atoms with Gasteiger partial charge in [-0.25, -0.2) is 14.8 Å². The lowest BCUT2D eigenvalue weighted by Gasteiger charge is -2.11. The highest BCUT2D eigenvalue weighted by molar-refractivity contribution is 5.91. The molecular weight excluding hydrogens is 294 g/mol. The van der Waals surface area contributed by atoms with Gasteiger partial charge in [0.05, 0.1) is 13.3 Å². The summed E-state index contributed by atoms with van der Waals surface area (Å²) < 4.78 is 12.3. The molecule has 6 nitrogen and oxygen atoms in total. The van der Waals surface area contributed by atoms with Crippen molar-refractivity contribution in [1.29, 1.82) is 0 Å². The number of nitrogens with zero attached hydrogens (tertiary/aromatic N) is 3. The molecule has 23 heavy (non-hydrogen) atoms. The summed E-state index contributed by atoms with van der Waals surface area (Å²) >= 11 is 0. The smallest absolute Gasteiger partial charge is 0.359 e.